The minimum Gasteiger partial charge on any atom is -0.310 e. The van der Waals surface area contributed by atoms with Crippen LogP contribution in [-0.2, 0) is 0 Å². The predicted molar refractivity (Wildman–Crippen MR) is 219 cm³/mol. The molecular weight excluding hydrogens is 645 g/mol. The van der Waals surface area contributed by atoms with Crippen molar-refractivity contribution in [3.8, 4) is 5.69 Å². The van der Waals surface area contributed by atoms with E-state index in [0.29, 0.717) is 0 Å². The lowest BCUT2D eigenvalue weighted by molar-refractivity contribution is 1.18. The van der Waals surface area contributed by atoms with Gasteiger partial charge in [0.05, 0.1) is 16.7 Å². The minimum atomic E-state index is 1.14. The summed E-state index contributed by atoms with van der Waals surface area (Å²) in [6.45, 7) is 0. The van der Waals surface area contributed by atoms with Crippen molar-refractivity contribution in [2.45, 2.75) is 0 Å². The van der Waals surface area contributed by atoms with Gasteiger partial charge in [-0.15, -0.1) is 22.7 Å². The van der Waals surface area contributed by atoms with Crippen molar-refractivity contribution in [3.05, 3.63) is 170 Å². The van der Waals surface area contributed by atoms with Crippen LogP contribution in [0.3, 0.4) is 0 Å². The molecule has 0 aliphatic rings. The molecule has 0 atom stereocenters. The van der Waals surface area contributed by atoms with Crippen LogP contribution in [0, 0.1) is 0 Å². The molecule has 50 heavy (non-hydrogen) atoms. The van der Waals surface area contributed by atoms with Crippen LogP contribution in [0.5, 0.6) is 0 Å². The normalized spacial score (nSPS) is 12.0. The van der Waals surface area contributed by atoms with E-state index < -0.39 is 0 Å². The molecule has 0 saturated heterocycles. The number of hydrogen-bond donors (Lipinski definition) is 0. The molecule has 0 aliphatic heterocycles. The summed E-state index contributed by atoms with van der Waals surface area (Å²) in [7, 11) is 0. The summed E-state index contributed by atoms with van der Waals surface area (Å²) in [6, 6.07) is 62.5. The molecule has 3 aromatic heterocycles. The van der Waals surface area contributed by atoms with Gasteiger partial charge in [-0.1, -0.05) is 91.0 Å². The number of aromatic nitrogens is 1. The van der Waals surface area contributed by atoms with E-state index >= 15 is 0 Å². The Balaban J connectivity index is 1.21. The number of para-hydroxylation sites is 2. The van der Waals surface area contributed by atoms with Crippen LogP contribution in [0.15, 0.2) is 170 Å². The van der Waals surface area contributed by atoms with Crippen molar-refractivity contribution in [3.63, 3.8) is 0 Å². The van der Waals surface area contributed by atoms with Gasteiger partial charge in [-0.2, -0.15) is 0 Å². The van der Waals surface area contributed by atoms with Crippen LogP contribution >= 0.6 is 22.7 Å². The van der Waals surface area contributed by atoms with Crippen molar-refractivity contribution in [1.29, 1.82) is 0 Å². The molecule has 0 spiro atoms. The Morgan fingerprint density at radius 3 is 1.82 bits per heavy atom. The Morgan fingerprint density at radius 1 is 0.380 bits per heavy atom. The van der Waals surface area contributed by atoms with E-state index in [1.165, 1.54) is 72.9 Å². The molecule has 0 radical (unpaired) electrons. The first kappa shape index (κ1) is 28.0. The third kappa shape index (κ3) is 4.13. The van der Waals surface area contributed by atoms with Gasteiger partial charge in [-0.05, 0) is 89.6 Å². The van der Waals surface area contributed by atoms with Gasteiger partial charge in [0.1, 0.15) is 0 Å². The molecule has 0 fully saturated rings. The second kappa shape index (κ2) is 10.8. The summed E-state index contributed by atoms with van der Waals surface area (Å²) in [5.74, 6) is 0. The van der Waals surface area contributed by atoms with Crippen molar-refractivity contribution < 1.29 is 0 Å². The summed E-state index contributed by atoms with van der Waals surface area (Å²) in [4.78, 5) is 2.48. The number of benzene rings is 8. The molecular formula is C46H28N2S2. The number of hydrogen-bond acceptors (Lipinski definition) is 3. The lowest BCUT2D eigenvalue weighted by Crippen LogP contribution is -2.10. The fourth-order valence-electron chi connectivity index (χ4n) is 7.92. The third-order valence-electron chi connectivity index (χ3n) is 10.1. The maximum Gasteiger partial charge on any atom is 0.0562 e. The van der Waals surface area contributed by atoms with Crippen molar-refractivity contribution in [2.24, 2.45) is 0 Å². The Labute approximate surface area is 296 Å². The molecule has 4 heteroatoms. The minimum absolute atomic E-state index is 1.14. The number of rotatable bonds is 4. The van der Waals surface area contributed by atoms with Crippen LogP contribution in [0.1, 0.15) is 0 Å². The Kier molecular flexibility index (Phi) is 6.03. The number of thiophene rings is 2. The molecule has 3 heterocycles. The lowest BCUT2D eigenvalue weighted by Gasteiger charge is -2.27. The smallest absolute Gasteiger partial charge is 0.0562 e. The van der Waals surface area contributed by atoms with Gasteiger partial charge in [0, 0.05) is 68.2 Å². The van der Waals surface area contributed by atoms with E-state index in [-0.39, 0.29) is 0 Å². The second-order valence-electron chi connectivity index (χ2n) is 13.0. The zero-order valence-electron chi connectivity index (χ0n) is 26.9. The van der Waals surface area contributed by atoms with Crippen LogP contribution in [0.2, 0.25) is 0 Å². The van der Waals surface area contributed by atoms with Crippen LogP contribution < -0.4 is 4.90 Å². The summed E-state index contributed by atoms with van der Waals surface area (Å²) < 4.78 is 7.67. The Morgan fingerprint density at radius 2 is 1.00 bits per heavy atom. The summed E-state index contributed by atoms with van der Waals surface area (Å²) in [6.07, 6.45) is 0. The predicted octanol–water partition coefficient (Wildman–Crippen LogP) is 14.1. The van der Waals surface area contributed by atoms with E-state index in [0.717, 1.165) is 22.7 Å². The quantitative estimate of drug-likeness (QED) is 0.181. The van der Waals surface area contributed by atoms with E-state index in [1.807, 2.05) is 22.7 Å². The first-order chi connectivity index (χ1) is 24.8. The maximum absolute atomic E-state index is 2.48. The number of fused-ring (bicyclic) bond motifs is 10. The zero-order chi connectivity index (χ0) is 32.8. The number of anilines is 3. The molecule has 0 bridgehead atoms. The summed E-state index contributed by atoms with van der Waals surface area (Å²) in [5.41, 5.74) is 7.00. The molecule has 0 aliphatic carbocycles. The fraction of sp³-hybridized carbons (Fsp3) is 0. The molecule has 0 N–H and O–H groups in total. The molecule has 8 aromatic carbocycles. The Bertz CT molecular complexity index is 3110. The topological polar surface area (TPSA) is 8.17 Å². The fourth-order valence-corrected chi connectivity index (χ4v) is 10.2. The molecule has 0 amide bonds. The molecule has 2 nitrogen and oxygen atoms in total. The van der Waals surface area contributed by atoms with Crippen LogP contribution in [0.25, 0.3) is 78.6 Å². The van der Waals surface area contributed by atoms with Crippen LogP contribution in [-0.4, -0.2) is 4.57 Å². The van der Waals surface area contributed by atoms with Crippen molar-refractivity contribution in [1.82, 2.24) is 4.57 Å². The highest BCUT2D eigenvalue weighted by Crippen LogP contribution is 2.46. The van der Waals surface area contributed by atoms with Crippen molar-refractivity contribution in [2.75, 3.05) is 4.90 Å². The molecule has 0 saturated carbocycles. The molecule has 11 rings (SSSR count). The van der Waals surface area contributed by atoms with Gasteiger partial charge in [-0.3, -0.25) is 0 Å². The lowest BCUT2D eigenvalue weighted by atomic mass is 10.0. The highest BCUT2D eigenvalue weighted by Gasteiger charge is 2.22. The van der Waals surface area contributed by atoms with Crippen molar-refractivity contribution >= 4 is 113 Å². The zero-order valence-corrected chi connectivity index (χ0v) is 28.5. The molecule has 0 unspecified atom stereocenters. The van der Waals surface area contributed by atoms with Crippen LogP contribution in [0.4, 0.5) is 17.1 Å². The maximum atomic E-state index is 2.48. The average molecular weight is 673 g/mol. The van der Waals surface area contributed by atoms with Gasteiger partial charge < -0.3 is 9.47 Å². The molecule has 234 valence electrons. The average Bonchev–Trinajstić information content (AvgIpc) is 3.83. The highest BCUT2D eigenvalue weighted by atomic mass is 32.1. The van der Waals surface area contributed by atoms with E-state index in [2.05, 4.69) is 179 Å². The van der Waals surface area contributed by atoms with Gasteiger partial charge >= 0.3 is 0 Å². The van der Waals surface area contributed by atoms with Gasteiger partial charge in [0.25, 0.3) is 0 Å². The van der Waals surface area contributed by atoms with Gasteiger partial charge in [0.15, 0.2) is 0 Å². The SMILES string of the molecule is c1ccc(-n2c3ccccc3c3c(N(c4ccc5cc6sc7ccccc7c6cc5c4)c4ccc5c(c4)sc4ccccc45)cccc32)cc1. The van der Waals surface area contributed by atoms with E-state index in [9.17, 15) is 0 Å². The highest BCUT2D eigenvalue weighted by molar-refractivity contribution is 7.26. The summed E-state index contributed by atoms with van der Waals surface area (Å²) >= 11 is 3.74. The largest absolute Gasteiger partial charge is 0.310 e. The molecule has 11 aromatic rings. The first-order valence-corrected chi connectivity index (χ1v) is 18.6. The van der Waals surface area contributed by atoms with E-state index in [4.69, 9.17) is 0 Å². The number of nitrogens with zero attached hydrogens (tertiary/aromatic N) is 2. The Hall–Kier alpha value is -5.94. The summed E-state index contributed by atoms with van der Waals surface area (Å²) in [5, 5.41) is 10.2. The van der Waals surface area contributed by atoms with Gasteiger partial charge in [-0.25, -0.2) is 0 Å². The second-order valence-corrected chi connectivity index (χ2v) is 15.1. The van der Waals surface area contributed by atoms with Gasteiger partial charge in [0.2, 0.25) is 0 Å². The first-order valence-electron chi connectivity index (χ1n) is 16.9. The monoisotopic (exact) mass is 672 g/mol. The van der Waals surface area contributed by atoms with E-state index in [1.54, 1.807) is 0 Å². The third-order valence-corrected chi connectivity index (χ3v) is 12.4. The standard InChI is InChI=1S/C46H28N2S2/c1-2-11-31(12-3-1)48-39-16-7-4-15-37(39)46-40(17-10-18-41(46)48)47(33-23-24-36-34-13-5-8-19-42(34)50-45(36)28-33)32-22-21-29-27-44-38(26-30(29)25-32)35-14-6-9-20-43(35)49-44/h1-28H.